The number of rotatable bonds is 6. The van der Waals surface area contributed by atoms with E-state index in [1.165, 1.54) is 23.1 Å². The minimum atomic E-state index is 0.242. The molecule has 1 rings (SSSR count). The molecule has 1 aromatic rings. The minimum Gasteiger partial charge on any atom is -0.309 e. The second-order valence-corrected chi connectivity index (χ2v) is 6.49. The molecule has 0 heterocycles. The number of hydrogen-bond acceptors (Lipinski definition) is 1. The van der Waals surface area contributed by atoms with Gasteiger partial charge in [-0.2, -0.15) is 0 Å². The molecular formula is C18H31N. The molecule has 0 fully saturated rings. The summed E-state index contributed by atoms with van der Waals surface area (Å²) in [4.78, 5) is 0. The molecule has 0 aliphatic carbocycles. The van der Waals surface area contributed by atoms with Crippen molar-refractivity contribution in [3.63, 3.8) is 0 Å². The van der Waals surface area contributed by atoms with Crippen LogP contribution in [0.3, 0.4) is 0 Å². The average molecular weight is 261 g/mol. The molecular weight excluding hydrogens is 230 g/mol. The quantitative estimate of drug-likeness (QED) is 0.768. The molecule has 1 atom stereocenters. The van der Waals surface area contributed by atoms with E-state index >= 15 is 0 Å². The van der Waals surface area contributed by atoms with Crippen LogP contribution in [0.25, 0.3) is 0 Å². The molecule has 19 heavy (non-hydrogen) atoms. The van der Waals surface area contributed by atoms with Crippen molar-refractivity contribution >= 4 is 0 Å². The second-order valence-electron chi connectivity index (χ2n) is 6.49. The zero-order chi connectivity index (χ0) is 14.5. The van der Waals surface area contributed by atoms with Crippen molar-refractivity contribution < 1.29 is 0 Å². The molecule has 0 amide bonds. The first-order valence-electron chi connectivity index (χ1n) is 7.79. The Kier molecular flexibility index (Phi) is 6.06. The summed E-state index contributed by atoms with van der Waals surface area (Å²) in [5.74, 6) is 0. The van der Waals surface area contributed by atoms with Gasteiger partial charge in [0.15, 0.2) is 0 Å². The van der Waals surface area contributed by atoms with Crippen LogP contribution >= 0.6 is 0 Å². The fraction of sp³-hybridized carbons (Fsp3) is 0.667. The third-order valence-electron chi connectivity index (χ3n) is 3.77. The van der Waals surface area contributed by atoms with Gasteiger partial charge in [-0.1, -0.05) is 59.7 Å². The lowest BCUT2D eigenvalue weighted by molar-refractivity contribution is 0.272. The summed E-state index contributed by atoms with van der Waals surface area (Å²) >= 11 is 0. The number of aryl methyl sites for hydroxylation is 2. The molecule has 1 N–H and O–H groups in total. The highest BCUT2D eigenvalue weighted by atomic mass is 14.9. The van der Waals surface area contributed by atoms with E-state index < -0.39 is 0 Å². The topological polar surface area (TPSA) is 12.0 Å². The molecule has 0 aromatic heterocycles. The Labute approximate surface area is 119 Å². The highest BCUT2D eigenvalue weighted by molar-refractivity contribution is 5.35. The van der Waals surface area contributed by atoms with E-state index in [2.05, 4.69) is 65.1 Å². The maximum Gasteiger partial charge on any atom is 0.0372 e. The highest BCUT2D eigenvalue weighted by Gasteiger charge is 2.27. The van der Waals surface area contributed by atoms with Crippen LogP contribution in [0.2, 0.25) is 0 Å². The smallest absolute Gasteiger partial charge is 0.0372 e. The fourth-order valence-electron chi connectivity index (χ4n) is 2.63. The van der Waals surface area contributed by atoms with E-state index in [-0.39, 0.29) is 5.41 Å². The van der Waals surface area contributed by atoms with Crippen molar-refractivity contribution in [3.8, 4) is 0 Å². The lowest BCUT2D eigenvalue weighted by atomic mass is 9.79. The van der Waals surface area contributed by atoms with Gasteiger partial charge in [0.1, 0.15) is 0 Å². The molecule has 1 nitrogen and oxygen atoms in total. The average Bonchev–Trinajstić information content (AvgIpc) is 2.37. The van der Waals surface area contributed by atoms with Crippen molar-refractivity contribution in [2.45, 2.75) is 66.8 Å². The molecule has 0 aliphatic rings. The first-order valence-corrected chi connectivity index (χ1v) is 7.79. The van der Waals surface area contributed by atoms with Crippen molar-refractivity contribution in [2.75, 3.05) is 6.54 Å². The van der Waals surface area contributed by atoms with Gasteiger partial charge < -0.3 is 5.32 Å². The molecule has 1 heteroatoms. The van der Waals surface area contributed by atoms with E-state index in [1.807, 2.05) is 0 Å². The summed E-state index contributed by atoms with van der Waals surface area (Å²) in [6.45, 7) is 14.8. The van der Waals surface area contributed by atoms with E-state index in [0.29, 0.717) is 6.04 Å². The van der Waals surface area contributed by atoms with Crippen LogP contribution in [0.4, 0.5) is 0 Å². The standard InChI is InChI=1S/C18H31N/c1-7-12-19-17(18(4,5)6)16-13-14(8-2)10-11-15(16)9-3/h10-11,13,17,19H,7-9,12H2,1-6H3. The first-order chi connectivity index (χ1) is 8.93. The number of hydrogen-bond donors (Lipinski definition) is 1. The summed E-state index contributed by atoms with van der Waals surface area (Å²) in [5.41, 5.74) is 4.68. The summed E-state index contributed by atoms with van der Waals surface area (Å²) in [6.07, 6.45) is 3.41. The van der Waals surface area contributed by atoms with Crippen LogP contribution in [-0.2, 0) is 12.8 Å². The van der Waals surface area contributed by atoms with Gasteiger partial charge in [0.05, 0.1) is 0 Å². The van der Waals surface area contributed by atoms with Crippen LogP contribution < -0.4 is 5.32 Å². The van der Waals surface area contributed by atoms with E-state index in [4.69, 9.17) is 0 Å². The van der Waals surface area contributed by atoms with Crippen LogP contribution in [0.5, 0.6) is 0 Å². The van der Waals surface area contributed by atoms with Gasteiger partial charge in [0.2, 0.25) is 0 Å². The molecule has 108 valence electrons. The molecule has 0 bridgehead atoms. The lowest BCUT2D eigenvalue weighted by Gasteiger charge is -2.34. The first kappa shape index (κ1) is 16.2. The maximum absolute atomic E-state index is 3.75. The minimum absolute atomic E-state index is 0.242. The lowest BCUT2D eigenvalue weighted by Crippen LogP contribution is -2.33. The van der Waals surface area contributed by atoms with Gasteiger partial charge in [-0.15, -0.1) is 0 Å². The third-order valence-corrected chi connectivity index (χ3v) is 3.77. The SMILES string of the molecule is CCCNC(c1cc(CC)ccc1CC)C(C)(C)C. The van der Waals surface area contributed by atoms with E-state index in [1.54, 1.807) is 0 Å². The molecule has 1 aromatic carbocycles. The van der Waals surface area contributed by atoms with Gasteiger partial charge in [-0.3, -0.25) is 0 Å². The van der Waals surface area contributed by atoms with E-state index in [0.717, 1.165) is 19.4 Å². The van der Waals surface area contributed by atoms with Crippen LogP contribution in [0, 0.1) is 5.41 Å². The Morgan fingerprint density at radius 3 is 2.21 bits per heavy atom. The monoisotopic (exact) mass is 261 g/mol. The van der Waals surface area contributed by atoms with Crippen LogP contribution in [0.15, 0.2) is 18.2 Å². The zero-order valence-corrected chi connectivity index (χ0v) is 13.6. The van der Waals surface area contributed by atoms with Gasteiger partial charge in [0.25, 0.3) is 0 Å². The summed E-state index contributed by atoms with van der Waals surface area (Å²) in [5, 5.41) is 3.75. The number of nitrogens with one attached hydrogen (secondary N) is 1. The van der Waals surface area contributed by atoms with E-state index in [9.17, 15) is 0 Å². The summed E-state index contributed by atoms with van der Waals surface area (Å²) in [7, 11) is 0. The van der Waals surface area contributed by atoms with Crippen LogP contribution in [0.1, 0.15) is 70.7 Å². The largest absolute Gasteiger partial charge is 0.309 e. The van der Waals surface area contributed by atoms with Gasteiger partial charge in [-0.05, 0) is 47.9 Å². The van der Waals surface area contributed by atoms with Crippen molar-refractivity contribution in [3.05, 3.63) is 34.9 Å². The normalized spacial score (nSPS) is 13.6. The van der Waals surface area contributed by atoms with Gasteiger partial charge in [-0.25, -0.2) is 0 Å². The maximum atomic E-state index is 3.75. The second kappa shape index (κ2) is 7.09. The van der Waals surface area contributed by atoms with Gasteiger partial charge >= 0.3 is 0 Å². The molecule has 0 saturated heterocycles. The number of benzene rings is 1. The van der Waals surface area contributed by atoms with Crippen molar-refractivity contribution in [2.24, 2.45) is 5.41 Å². The Hall–Kier alpha value is -0.820. The molecule has 0 radical (unpaired) electrons. The molecule has 0 spiro atoms. The van der Waals surface area contributed by atoms with Crippen LogP contribution in [-0.4, -0.2) is 6.54 Å². The zero-order valence-electron chi connectivity index (χ0n) is 13.6. The highest BCUT2D eigenvalue weighted by Crippen LogP contribution is 2.35. The molecule has 0 saturated carbocycles. The molecule has 0 aliphatic heterocycles. The predicted octanol–water partition coefficient (Wildman–Crippen LogP) is 4.90. The fourth-order valence-corrected chi connectivity index (χ4v) is 2.63. The Bertz CT molecular complexity index is 387. The third kappa shape index (κ3) is 4.35. The van der Waals surface area contributed by atoms with Gasteiger partial charge in [0, 0.05) is 6.04 Å². The van der Waals surface area contributed by atoms with Crippen molar-refractivity contribution in [1.82, 2.24) is 5.32 Å². The molecule has 1 unspecified atom stereocenters. The Morgan fingerprint density at radius 2 is 1.74 bits per heavy atom. The predicted molar refractivity (Wildman–Crippen MR) is 85.7 cm³/mol. The summed E-state index contributed by atoms with van der Waals surface area (Å²) in [6, 6.07) is 7.45. The Morgan fingerprint density at radius 1 is 1.05 bits per heavy atom. The van der Waals surface area contributed by atoms with Crippen molar-refractivity contribution in [1.29, 1.82) is 0 Å². The Balaban J connectivity index is 3.19. The summed E-state index contributed by atoms with van der Waals surface area (Å²) < 4.78 is 0.